The first kappa shape index (κ1) is 17.9. The first-order chi connectivity index (χ1) is 10.8. The molecule has 0 aliphatic heterocycles. The van der Waals surface area contributed by atoms with Gasteiger partial charge in [-0.3, -0.25) is 0 Å². The Labute approximate surface area is 142 Å². The Bertz CT molecular complexity index is 783. The molecule has 0 amide bonds. The molecule has 0 aromatic heterocycles. The quantitative estimate of drug-likeness (QED) is 0.820. The van der Waals surface area contributed by atoms with Crippen molar-refractivity contribution >= 4 is 33.2 Å². The fraction of sp³-hybridized carbons (Fsp3) is 0.143. The van der Waals surface area contributed by atoms with Gasteiger partial charge < -0.3 is 4.74 Å². The summed E-state index contributed by atoms with van der Waals surface area (Å²) in [5.74, 6) is -0.293. The molecule has 124 valence electrons. The fourth-order valence-electron chi connectivity index (χ4n) is 1.70. The highest BCUT2D eigenvalue weighted by atomic mass is 35.5. The van der Waals surface area contributed by atoms with E-state index in [1.807, 2.05) is 0 Å². The SMILES string of the molecule is O=S(=O)(NCc1ccc(Cl)cc1)c1ccc(OC(F)F)c(Cl)c1. The molecule has 23 heavy (non-hydrogen) atoms. The average molecular weight is 382 g/mol. The molecule has 2 aromatic carbocycles. The number of hydrogen-bond acceptors (Lipinski definition) is 3. The van der Waals surface area contributed by atoms with Gasteiger partial charge in [0.2, 0.25) is 10.0 Å². The van der Waals surface area contributed by atoms with E-state index >= 15 is 0 Å². The van der Waals surface area contributed by atoms with Crippen LogP contribution in [0.1, 0.15) is 5.56 Å². The van der Waals surface area contributed by atoms with Crippen LogP contribution in [0.4, 0.5) is 8.78 Å². The van der Waals surface area contributed by atoms with Crippen LogP contribution in [0.15, 0.2) is 47.4 Å². The third kappa shape index (κ3) is 5.04. The molecule has 0 unspecified atom stereocenters. The maximum atomic E-state index is 12.2. The third-order valence-electron chi connectivity index (χ3n) is 2.81. The van der Waals surface area contributed by atoms with Crippen LogP contribution in [0.3, 0.4) is 0 Å². The second-order valence-corrected chi connectivity index (χ2v) is 7.03. The summed E-state index contributed by atoms with van der Waals surface area (Å²) >= 11 is 11.5. The van der Waals surface area contributed by atoms with E-state index in [9.17, 15) is 17.2 Å². The molecule has 0 saturated heterocycles. The van der Waals surface area contributed by atoms with Crippen molar-refractivity contribution in [3.05, 3.63) is 58.1 Å². The minimum absolute atomic E-state index is 0.0480. The van der Waals surface area contributed by atoms with Crippen molar-refractivity contribution in [2.45, 2.75) is 18.1 Å². The molecule has 0 bridgehead atoms. The van der Waals surface area contributed by atoms with E-state index in [0.717, 1.165) is 18.2 Å². The summed E-state index contributed by atoms with van der Waals surface area (Å²) in [6.45, 7) is -3.00. The molecular weight excluding hydrogens is 371 g/mol. The lowest BCUT2D eigenvalue weighted by molar-refractivity contribution is -0.0498. The molecule has 9 heteroatoms. The van der Waals surface area contributed by atoms with Crippen LogP contribution >= 0.6 is 23.2 Å². The number of rotatable bonds is 6. The van der Waals surface area contributed by atoms with Crippen molar-refractivity contribution in [2.24, 2.45) is 0 Å². The van der Waals surface area contributed by atoms with Crippen LogP contribution in [0.25, 0.3) is 0 Å². The maximum Gasteiger partial charge on any atom is 0.387 e. The number of sulfonamides is 1. The minimum Gasteiger partial charge on any atom is -0.433 e. The first-order valence-electron chi connectivity index (χ1n) is 6.26. The van der Waals surface area contributed by atoms with Crippen LogP contribution in [-0.4, -0.2) is 15.0 Å². The molecule has 2 aromatic rings. The molecule has 0 aliphatic carbocycles. The molecule has 0 aliphatic rings. The van der Waals surface area contributed by atoms with Gasteiger partial charge in [0.1, 0.15) is 5.75 Å². The summed E-state index contributed by atoms with van der Waals surface area (Å²) in [6, 6.07) is 9.88. The monoisotopic (exact) mass is 381 g/mol. The normalized spacial score (nSPS) is 11.7. The topological polar surface area (TPSA) is 55.4 Å². The Kier molecular flexibility index (Phi) is 5.80. The molecule has 2 rings (SSSR count). The lowest BCUT2D eigenvalue weighted by Gasteiger charge is -2.10. The smallest absolute Gasteiger partial charge is 0.387 e. The Morgan fingerprint density at radius 1 is 1.09 bits per heavy atom. The number of ether oxygens (including phenoxy) is 1. The molecule has 0 fully saturated rings. The molecule has 0 heterocycles. The highest BCUT2D eigenvalue weighted by Crippen LogP contribution is 2.28. The molecular formula is C14H11Cl2F2NO3S. The lowest BCUT2D eigenvalue weighted by Crippen LogP contribution is -2.23. The Morgan fingerprint density at radius 2 is 1.74 bits per heavy atom. The zero-order valence-electron chi connectivity index (χ0n) is 11.5. The van der Waals surface area contributed by atoms with Gasteiger partial charge in [-0.25, -0.2) is 13.1 Å². The summed E-state index contributed by atoms with van der Waals surface area (Å²) in [4.78, 5) is -0.155. The van der Waals surface area contributed by atoms with Gasteiger partial charge in [-0.05, 0) is 35.9 Å². The second kappa shape index (κ2) is 7.44. The average Bonchev–Trinajstić information content (AvgIpc) is 2.48. The number of hydrogen-bond donors (Lipinski definition) is 1. The molecule has 1 N–H and O–H groups in total. The largest absolute Gasteiger partial charge is 0.433 e. The van der Waals surface area contributed by atoms with Crippen LogP contribution in [0, 0.1) is 0 Å². The Hall–Kier alpha value is -1.41. The zero-order chi connectivity index (χ0) is 17.0. The lowest BCUT2D eigenvalue weighted by atomic mass is 10.2. The third-order valence-corrected chi connectivity index (χ3v) is 4.76. The van der Waals surface area contributed by atoms with Gasteiger partial charge in [-0.15, -0.1) is 0 Å². The summed E-state index contributed by atoms with van der Waals surface area (Å²) < 4.78 is 55.2. The summed E-state index contributed by atoms with van der Waals surface area (Å²) in [6.07, 6.45) is 0. The molecule has 0 atom stereocenters. The van der Waals surface area contributed by atoms with Crippen LogP contribution in [0.5, 0.6) is 5.75 Å². The fourth-order valence-corrected chi connectivity index (χ4v) is 3.16. The van der Waals surface area contributed by atoms with Crippen LogP contribution in [0.2, 0.25) is 10.0 Å². The Morgan fingerprint density at radius 3 is 2.30 bits per heavy atom. The second-order valence-electron chi connectivity index (χ2n) is 4.42. The van der Waals surface area contributed by atoms with Gasteiger partial charge in [-0.2, -0.15) is 8.78 Å². The number of benzene rings is 2. The standard InChI is InChI=1S/C14H11Cl2F2NO3S/c15-10-3-1-9(2-4-10)8-19-23(20,21)11-5-6-13(12(16)7-11)22-14(17)18/h1-7,14,19H,8H2. The number of alkyl halides is 2. The van der Waals surface area contributed by atoms with E-state index in [1.165, 1.54) is 0 Å². The van der Waals surface area contributed by atoms with Crippen molar-refractivity contribution in [1.82, 2.24) is 4.72 Å². The highest BCUT2D eigenvalue weighted by Gasteiger charge is 2.17. The minimum atomic E-state index is -3.85. The van der Waals surface area contributed by atoms with E-state index < -0.39 is 16.6 Å². The van der Waals surface area contributed by atoms with Crippen molar-refractivity contribution in [1.29, 1.82) is 0 Å². The molecule has 0 saturated carbocycles. The number of nitrogens with one attached hydrogen (secondary N) is 1. The first-order valence-corrected chi connectivity index (χ1v) is 8.50. The van der Waals surface area contributed by atoms with Gasteiger partial charge in [0.15, 0.2) is 0 Å². The summed E-state index contributed by atoms with van der Waals surface area (Å²) in [7, 11) is -3.85. The van der Waals surface area contributed by atoms with Crippen molar-refractivity contribution in [3.63, 3.8) is 0 Å². The van der Waals surface area contributed by atoms with Gasteiger partial charge in [-0.1, -0.05) is 35.3 Å². The van der Waals surface area contributed by atoms with Crippen LogP contribution < -0.4 is 9.46 Å². The van der Waals surface area contributed by atoms with Crippen molar-refractivity contribution < 1.29 is 21.9 Å². The van der Waals surface area contributed by atoms with Gasteiger partial charge >= 0.3 is 6.61 Å². The Balaban J connectivity index is 2.12. The predicted molar refractivity (Wildman–Crippen MR) is 83.6 cm³/mol. The van der Waals surface area contributed by atoms with E-state index in [1.54, 1.807) is 24.3 Å². The zero-order valence-corrected chi connectivity index (χ0v) is 13.8. The van der Waals surface area contributed by atoms with E-state index in [4.69, 9.17) is 23.2 Å². The maximum absolute atomic E-state index is 12.2. The highest BCUT2D eigenvalue weighted by molar-refractivity contribution is 7.89. The van der Waals surface area contributed by atoms with Gasteiger partial charge in [0, 0.05) is 11.6 Å². The van der Waals surface area contributed by atoms with E-state index in [0.29, 0.717) is 10.6 Å². The predicted octanol–water partition coefficient (Wildman–Crippen LogP) is 4.07. The van der Waals surface area contributed by atoms with Crippen molar-refractivity contribution in [2.75, 3.05) is 0 Å². The van der Waals surface area contributed by atoms with Crippen LogP contribution in [-0.2, 0) is 16.6 Å². The van der Waals surface area contributed by atoms with E-state index in [2.05, 4.69) is 9.46 Å². The van der Waals surface area contributed by atoms with Gasteiger partial charge in [0.05, 0.1) is 9.92 Å². The summed E-state index contributed by atoms with van der Waals surface area (Å²) in [5.41, 5.74) is 0.710. The van der Waals surface area contributed by atoms with E-state index in [-0.39, 0.29) is 22.2 Å². The molecule has 4 nitrogen and oxygen atoms in total. The summed E-state index contributed by atoms with van der Waals surface area (Å²) in [5, 5.41) is 0.317. The number of halogens is 4. The van der Waals surface area contributed by atoms with Crippen molar-refractivity contribution in [3.8, 4) is 5.75 Å². The van der Waals surface area contributed by atoms with Gasteiger partial charge in [0.25, 0.3) is 0 Å². The molecule has 0 spiro atoms. The molecule has 0 radical (unpaired) electrons.